The molecule has 0 heterocycles. The summed E-state index contributed by atoms with van der Waals surface area (Å²) in [6, 6.07) is 9.22. The van der Waals surface area contributed by atoms with E-state index >= 15 is 0 Å². The molecule has 19 heavy (non-hydrogen) atoms. The zero-order valence-electron chi connectivity index (χ0n) is 12.6. The van der Waals surface area contributed by atoms with Gasteiger partial charge in [0.25, 0.3) is 0 Å². The highest BCUT2D eigenvalue weighted by Gasteiger charge is 2.30. The number of methoxy groups -OCH3 is 1. The van der Waals surface area contributed by atoms with E-state index < -0.39 is 0 Å². The van der Waals surface area contributed by atoms with Crippen LogP contribution in [0.25, 0.3) is 0 Å². The van der Waals surface area contributed by atoms with Crippen molar-refractivity contribution < 1.29 is 4.74 Å². The number of ether oxygens (including phenoxy) is 1. The third-order valence-corrected chi connectivity index (χ3v) is 4.57. The van der Waals surface area contributed by atoms with Gasteiger partial charge in [-0.15, -0.1) is 0 Å². The molecule has 2 heteroatoms. The van der Waals surface area contributed by atoms with E-state index in [1.807, 2.05) is 6.07 Å². The summed E-state index contributed by atoms with van der Waals surface area (Å²) in [6.07, 6.45) is 2.52. The maximum Gasteiger partial charge on any atom is 0.119 e. The molecule has 106 valence electrons. The molecule has 1 aromatic rings. The van der Waals surface area contributed by atoms with Gasteiger partial charge in [0.2, 0.25) is 0 Å². The quantitative estimate of drug-likeness (QED) is 0.840. The Bertz CT molecular complexity index is 396. The Morgan fingerprint density at radius 1 is 1.26 bits per heavy atom. The van der Waals surface area contributed by atoms with Crippen LogP contribution in [0.15, 0.2) is 24.3 Å². The molecule has 2 rings (SSSR count). The monoisotopic (exact) mass is 261 g/mol. The van der Waals surface area contributed by atoms with Gasteiger partial charge in [-0.05, 0) is 54.8 Å². The molecule has 0 amide bonds. The molecule has 0 aromatic heterocycles. The molecule has 1 fully saturated rings. The third kappa shape index (κ3) is 3.73. The zero-order chi connectivity index (χ0) is 13.8. The van der Waals surface area contributed by atoms with Gasteiger partial charge in [-0.1, -0.05) is 32.9 Å². The summed E-state index contributed by atoms with van der Waals surface area (Å²) in [5.41, 5.74) is 1.43. The van der Waals surface area contributed by atoms with Gasteiger partial charge in [0.05, 0.1) is 7.11 Å². The van der Waals surface area contributed by atoms with Crippen LogP contribution >= 0.6 is 0 Å². The minimum Gasteiger partial charge on any atom is -0.497 e. The Morgan fingerprint density at radius 2 is 2.00 bits per heavy atom. The molecule has 0 spiro atoms. The Labute approximate surface area is 117 Å². The largest absolute Gasteiger partial charge is 0.497 e. The van der Waals surface area contributed by atoms with E-state index in [2.05, 4.69) is 44.3 Å². The molecule has 0 radical (unpaired) electrons. The molecule has 0 saturated heterocycles. The highest BCUT2D eigenvalue weighted by molar-refractivity contribution is 5.32. The molecule has 1 aromatic carbocycles. The van der Waals surface area contributed by atoms with E-state index in [0.717, 1.165) is 24.1 Å². The van der Waals surface area contributed by atoms with Gasteiger partial charge in [0, 0.05) is 6.04 Å². The molecular weight excluding hydrogens is 234 g/mol. The van der Waals surface area contributed by atoms with Gasteiger partial charge in [-0.3, -0.25) is 0 Å². The van der Waals surface area contributed by atoms with E-state index in [9.17, 15) is 0 Å². The number of hydrogen-bond acceptors (Lipinski definition) is 2. The van der Waals surface area contributed by atoms with Crippen LogP contribution in [-0.4, -0.2) is 19.7 Å². The second-order valence-corrected chi connectivity index (χ2v) is 6.27. The second-order valence-electron chi connectivity index (χ2n) is 6.27. The highest BCUT2D eigenvalue weighted by atomic mass is 16.5. The van der Waals surface area contributed by atoms with Gasteiger partial charge in [0.1, 0.15) is 5.75 Å². The minimum atomic E-state index is 0.706. The first-order valence-corrected chi connectivity index (χ1v) is 7.47. The first-order chi connectivity index (χ1) is 9.10. The van der Waals surface area contributed by atoms with E-state index in [4.69, 9.17) is 4.74 Å². The Morgan fingerprint density at radius 3 is 2.63 bits per heavy atom. The average molecular weight is 261 g/mol. The molecular formula is C17H27NO. The fourth-order valence-electron chi connectivity index (χ4n) is 2.54. The van der Waals surface area contributed by atoms with Crippen LogP contribution in [0, 0.1) is 11.8 Å². The average Bonchev–Trinajstić information content (AvgIpc) is 2.36. The Kier molecular flexibility index (Phi) is 4.87. The molecule has 1 saturated carbocycles. The molecule has 1 unspecified atom stereocenters. The molecule has 2 nitrogen and oxygen atoms in total. The summed E-state index contributed by atoms with van der Waals surface area (Å²) in [5.74, 6) is 3.21. The maximum absolute atomic E-state index is 5.29. The van der Waals surface area contributed by atoms with E-state index in [1.165, 1.54) is 18.4 Å². The van der Waals surface area contributed by atoms with Gasteiger partial charge >= 0.3 is 0 Å². The lowest BCUT2D eigenvalue weighted by atomic mass is 9.75. The van der Waals surface area contributed by atoms with Crippen molar-refractivity contribution in [2.45, 2.75) is 45.6 Å². The number of hydrogen-bond donors (Lipinski definition) is 1. The van der Waals surface area contributed by atoms with E-state index in [-0.39, 0.29) is 0 Å². The highest BCUT2D eigenvalue weighted by Crippen LogP contribution is 2.38. The number of rotatable bonds is 6. The summed E-state index contributed by atoms with van der Waals surface area (Å²) in [7, 11) is 1.73. The lowest BCUT2D eigenvalue weighted by Crippen LogP contribution is -2.42. The van der Waals surface area contributed by atoms with Crippen LogP contribution in [0.2, 0.25) is 0 Å². The topological polar surface area (TPSA) is 21.3 Å². The molecule has 0 bridgehead atoms. The van der Waals surface area contributed by atoms with Gasteiger partial charge in [0.15, 0.2) is 0 Å². The third-order valence-electron chi connectivity index (χ3n) is 4.57. The standard InChI is InChI=1S/C17H27NO/c1-12(2)13(3)11-18-16-8-15(9-16)14-6-5-7-17(10-14)19-4/h5-7,10,12-13,15-16,18H,8-9,11H2,1-4H3. The van der Waals surface area contributed by atoms with Crippen molar-refractivity contribution in [3.05, 3.63) is 29.8 Å². The Balaban J connectivity index is 1.76. The molecule has 1 N–H and O–H groups in total. The first kappa shape index (κ1) is 14.4. The van der Waals surface area contributed by atoms with E-state index in [0.29, 0.717) is 12.0 Å². The fraction of sp³-hybridized carbons (Fsp3) is 0.647. The van der Waals surface area contributed by atoms with Gasteiger partial charge in [-0.25, -0.2) is 0 Å². The lowest BCUT2D eigenvalue weighted by molar-refractivity contribution is 0.264. The van der Waals surface area contributed by atoms with Crippen molar-refractivity contribution in [1.29, 1.82) is 0 Å². The van der Waals surface area contributed by atoms with Crippen molar-refractivity contribution in [3.8, 4) is 5.75 Å². The summed E-state index contributed by atoms with van der Waals surface area (Å²) in [4.78, 5) is 0. The van der Waals surface area contributed by atoms with Crippen molar-refractivity contribution in [1.82, 2.24) is 5.32 Å². The Hall–Kier alpha value is -1.02. The van der Waals surface area contributed by atoms with Crippen molar-refractivity contribution in [2.75, 3.05) is 13.7 Å². The normalized spacial score (nSPS) is 24.1. The summed E-state index contributed by atoms with van der Waals surface area (Å²) in [5, 5.41) is 3.70. The van der Waals surface area contributed by atoms with Gasteiger partial charge < -0.3 is 10.1 Å². The van der Waals surface area contributed by atoms with Crippen LogP contribution < -0.4 is 10.1 Å². The number of nitrogens with one attached hydrogen (secondary N) is 1. The predicted molar refractivity (Wildman–Crippen MR) is 80.8 cm³/mol. The first-order valence-electron chi connectivity index (χ1n) is 7.47. The van der Waals surface area contributed by atoms with Crippen LogP contribution in [-0.2, 0) is 0 Å². The van der Waals surface area contributed by atoms with Crippen molar-refractivity contribution in [2.24, 2.45) is 11.8 Å². The zero-order valence-corrected chi connectivity index (χ0v) is 12.6. The summed E-state index contributed by atoms with van der Waals surface area (Å²) in [6.45, 7) is 8.07. The maximum atomic E-state index is 5.29. The van der Waals surface area contributed by atoms with Crippen LogP contribution in [0.5, 0.6) is 5.75 Å². The molecule has 0 aliphatic heterocycles. The van der Waals surface area contributed by atoms with Gasteiger partial charge in [-0.2, -0.15) is 0 Å². The molecule has 1 atom stereocenters. The lowest BCUT2D eigenvalue weighted by Gasteiger charge is -2.37. The number of benzene rings is 1. The van der Waals surface area contributed by atoms with Crippen LogP contribution in [0.1, 0.15) is 45.1 Å². The molecule has 1 aliphatic carbocycles. The summed E-state index contributed by atoms with van der Waals surface area (Å²) >= 11 is 0. The summed E-state index contributed by atoms with van der Waals surface area (Å²) < 4.78 is 5.29. The fourth-order valence-corrected chi connectivity index (χ4v) is 2.54. The second kappa shape index (κ2) is 6.42. The SMILES string of the molecule is COc1cccc(C2CC(NCC(C)C(C)C)C2)c1. The molecule has 1 aliphatic rings. The van der Waals surface area contributed by atoms with Crippen LogP contribution in [0.4, 0.5) is 0 Å². The van der Waals surface area contributed by atoms with Crippen molar-refractivity contribution >= 4 is 0 Å². The van der Waals surface area contributed by atoms with E-state index in [1.54, 1.807) is 7.11 Å². The van der Waals surface area contributed by atoms with Crippen LogP contribution in [0.3, 0.4) is 0 Å². The predicted octanol–water partition coefficient (Wildman–Crippen LogP) is 3.82. The van der Waals surface area contributed by atoms with Crippen molar-refractivity contribution in [3.63, 3.8) is 0 Å². The smallest absolute Gasteiger partial charge is 0.119 e. The minimum absolute atomic E-state index is 0.706.